The number of hydrogen-bond acceptors (Lipinski definition) is 5. The van der Waals surface area contributed by atoms with Crippen molar-refractivity contribution in [1.82, 2.24) is 14.8 Å². The summed E-state index contributed by atoms with van der Waals surface area (Å²) in [5.74, 6) is 1.15. The predicted molar refractivity (Wildman–Crippen MR) is 120 cm³/mol. The Kier molecular flexibility index (Phi) is 5.69. The van der Waals surface area contributed by atoms with Crippen LogP contribution in [0.5, 0.6) is 10.9 Å². The number of carbonyl (C=O) groups is 1. The third kappa shape index (κ3) is 4.65. The lowest BCUT2D eigenvalue weighted by molar-refractivity contribution is -0.127. The molecule has 1 aliphatic heterocycles. The van der Waals surface area contributed by atoms with Gasteiger partial charge in [0.2, 0.25) is 5.91 Å². The number of nitrogens with zero attached hydrogens (tertiary/aromatic N) is 3. The fourth-order valence-corrected chi connectivity index (χ4v) is 4.96. The predicted octanol–water partition coefficient (Wildman–Crippen LogP) is 5.07. The molecule has 2 heterocycles. The molecule has 1 saturated carbocycles. The third-order valence-corrected chi connectivity index (χ3v) is 6.81. The normalized spacial score (nSPS) is 16.7. The molecular weight excluding hydrogens is 394 g/mol. The molecule has 1 aromatic heterocycles. The minimum absolute atomic E-state index is 0.330. The van der Waals surface area contributed by atoms with Crippen molar-refractivity contribution in [2.45, 2.75) is 44.7 Å². The maximum Gasteiger partial charge on any atom is 0.279 e. The van der Waals surface area contributed by atoms with Gasteiger partial charge in [-0.15, -0.1) is 0 Å². The molecular formula is C24H27N3O2S. The number of para-hydroxylation sites is 1. The maximum absolute atomic E-state index is 11.8. The average Bonchev–Trinajstić information content (AvgIpc) is 3.40. The lowest BCUT2D eigenvalue weighted by Gasteiger charge is -2.24. The molecule has 3 aromatic rings. The number of thiazole rings is 1. The van der Waals surface area contributed by atoms with Crippen molar-refractivity contribution in [3.05, 3.63) is 54.1 Å². The second kappa shape index (κ2) is 8.74. The Labute approximate surface area is 181 Å². The van der Waals surface area contributed by atoms with Gasteiger partial charge in [0.05, 0.1) is 10.2 Å². The molecule has 6 heteroatoms. The van der Waals surface area contributed by atoms with E-state index in [4.69, 9.17) is 4.74 Å². The second-order valence-electron chi connectivity index (χ2n) is 8.23. The monoisotopic (exact) mass is 421 g/mol. The van der Waals surface area contributed by atoms with Gasteiger partial charge in [-0.3, -0.25) is 9.69 Å². The highest BCUT2D eigenvalue weighted by Gasteiger charge is 2.29. The molecule has 2 fully saturated rings. The molecule has 0 N–H and O–H groups in total. The molecule has 1 amide bonds. The summed E-state index contributed by atoms with van der Waals surface area (Å²) >= 11 is 1.57. The van der Waals surface area contributed by atoms with Gasteiger partial charge in [0.1, 0.15) is 5.75 Å². The minimum atomic E-state index is 0.330. The molecule has 1 aliphatic carbocycles. The van der Waals surface area contributed by atoms with E-state index in [-0.39, 0.29) is 0 Å². The van der Waals surface area contributed by atoms with E-state index < -0.39 is 0 Å². The maximum atomic E-state index is 11.8. The Morgan fingerprint density at radius 2 is 1.97 bits per heavy atom. The lowest BCUT2D eigenvalue weighted by atomic mass is 10.2. The van der Waals surface area contributed by atoms with E-state index in [1.807, 2.05) is 35.2 Å². The smallest absolute Gasteiger partial charge is 0.279 e. The largest absolute Gasteiger partial charge is 0.431 e. The molecule has 5 rings (SSSR count). The van der Waals surface area contributed by atoms with Gasteiger partial charge in [-0.2, -0.15) is 0 Å². The highest BCUT2D eigenvalue weighted by molar-refractivity contribution is 7.20. The van der Waals surface area contributed by atoms with Crippen molar-refractivity contribution < 1.29 is 9.53 Å². The molecule has 1 saturated heterocycles. The van der Waals surface area contributed by atoms with Crippen LogP contribution in [0.1, 0.15) is 37.7 Å². The Morgan fingerprint density at radius 3 is 2.70 bits per heavy atom. The van der Waals surface area contributed by atoms with Crippen LogP contribution in [-0.4, -0.2) is 46.4 Å². The first-order valence-electron chi connectivity index (χ1n) is 10.9. The number of likely N-dealkylation sites (tertiary alicyclic amines) is 1. The molecule has 0 radical (unpaired) electrons. The van der Waals surface area contributed by atoms with Gasteiger partial charge in [0, 0.05) is 38.6 Å². The summed E-state index contributed by atoms with van der Waals surface area (Å²) in [7, 11) is 0. The van der Waals surface area contributed by atoms with Crippen molar-refractivity contribution in [3.63, 3.8) is 0 Å². The van der Waals surface area contributed by atoms with Crippen LogP contribution in [0.3, 0.4) is 0 Å². The summed E-state index contributed by atoms with van der Waals surface area (Å²) in [6, 6.07) is 17.2. The summed E-state index contributed by atoms with van der Waals surface area (Å²) in [4.78, 5) is 20.9. The van der Waals surface area contributed by atoms with E-state index in [0.717, 1.165) is 61.4 Å². The second-order valence-corrected chi connectivity index (χ2v) is 9.23. The van der Waals surface area contributed by atoms with Gasteiger partial charge in [-0.05, 0) is 55.5 Å². The van der Waals surface area contributed by atoms with Crippen molar-refractivity contribution >= 4 is 27.5 Å². The van der Waals surface area contributed by atoms with Crippen LogP contribution in [0.25, 0.3) is 10.2 Å². The molecule has 30 heavy (non-hydrogen) atoms. The number of ether oxygens (including phenoxy) is 1. The zero-order chi connectivity index (χ0) is 20.3. The standard InChI is InChI=1S/C24H27N3O2S/c28-23-7-3-14-26(23)15-4-16-27(19-10-11-19)17-18-8-12-20(13-9-18)29-24-25-21-5-1-2-6-22(21)30-24/h1-2,5-6,8-9,12-13,19H,3-4,7,10-11,14-17H2. The summed E-state index contributed by atoms with van der Waals surface area (Å²) < 4.78 is 7.11. The van der Waals surface area contributed by atoms with Gasteiger partial charge >= 0.3 is 0 Å². The van der Waals surface area contributed by atoms with Crippen LogP contribution < -0.4 is 4.74 Å². The molecule has 0 spiro atoms. The lowest BCUT2D eigenvalue weighted by Crippen LogP contribution is -2.31. The first kappa shape index (κ1) is 19.5. The van der Waals surface area contributed by atoms with Crippen molar-refractivity contribution in [2.24, 2.45) is 0 Å². The zero-order valence-corrected chi connectivity index (χ0v) is 17.9. The molecule has 0 bridgehead atoms. The molecule has 156 valence electrons. The minimum Gasteiger partial charge on any atom is -0.431 e. The first-order chi connectivity index (χ1) is 14.7. The topological polar surface area (TPSA) is 45.7 Å². The van der Waals surface area contributed by atoms with E-state index in [9.17, 15) is 4.79 Å². The van der Waals surface area contributed by atoms with Crippen molar-refractivity contribution in [3.8, 4) is 10.9 Å². The van der Waals surface area contributed by atoms with Crippen LogP contribution in [0.4, 0.5) is 0 Å². The van der Waals surface area contributed by atoms with E-state index >= 15 is 0 Å². The number of aromatic nitrogens is 1. The highest BCUT2D eigenvalue weighted by atomic mass is 32.1. The molecule has 2 aromatic carbocycles. The zero-order valence-electron chi connectivity index (χ0n) is 17.1. The summed E-state index contributed by atoms with van der Waals surface area (Å²) in [6.45, 7) is 3.85. The van der Waals surface area contributed by atoms with Gasteiger partial charge in [-0.1, -0.05) is 35.6 Å². The van der Waals surface area contributed by atoms with Gasteiger partial charge in [0.15, 0.2) is 0 Å². The van der Waals surface area contributed by atoms with E-state index in [1.165, 1.54) is 18.4 Å². The van der Waals surface area contributed by atoms with E-state index in [1.54, 1.807) is 11.3 Å². The van der Waals surface area contributed by atoms with Gasteiger partial charge < -0.3 is 9.64 Å². The van der Waals surface area contributed by atoms with Crippen LogP contribution in [0, 0.1) is 0 Å². The van der Waals surface area contributed by atoms with Crippen LogP contribution in [0.15, 0.2) is 48.5 Å². The van der Waals surface area contributed by atoms with Crippen LogP contribution in [0.2, 0.25) is 0 Å². The van der Waals surface area contributed by atoms with Crippen LogP contribution >= 0.6 is 11.3 Å². The summed E-state index contributed by atoms with van der Waals surface area (Å²) in [6.07, 6.45) is 5.40. The van der Waals surface area contributed by atoms with E-state index in [0.29, 0.717) is 17.1 Å². The number of hydrogen-bond donors (Lipinski definition) is 0. The Bertz CT molecular complexity index is 980. The van der Waals surface area contributed by atoms with E-state index in [2.05, 4.69) is 28.1 Å². The van der Waals surface area contributed by atoms with Crippen molar-refractivity contribution in [2.75, 3.05) is 19.6 Å². The Balaban J connectivity index is 1.16. The fourth-order valence-electron chi connectivity index (χ4n) is 4.13. The molecule has 5 nitrogen and oxygen atoms in total. The van der Waals surface area contributed by atoms with Gasteiger partial charge in [-0.25, -0.2) is 4.98 Å². The third-order valence-electron chi connectivity index (χ3n) is 5.90. The van der Waals surface area contributed by atoms with Gasteiger partial charge in [0.25, 0.3) is 5.19 Å². The number of fused-ring (bicyclic) bond motifs is 1. The number of benzene rings is 2. The summed E-state index contributed by atoms with van der Waals surface area (Å²) in [5, 5.41) is 0.681. The van der Waals surface area contributed by atoms with Crippen LogP contribution in [-0.2, 0) is 11.3 Å². The number of amides is 1. The molecule has 2 aliphatic rings. The molecule has 0 atom stereocenters. The first-order valence-corrected chi connectivity index (χ1v) is 11.7. The molecule has 0 unspecified atom stereocenters. The quantitative estimate of drug-likeness (QED) is 0.484. The van der Waals surface area contributed by atoms with Crippen molar-refractivity contribution in [1.29, 1.82) is 0 Å². The summed E-state index contributed by atoms with van der Waals surface area (Å²) in [5.41, 5.74) is 2.28. The average molecular weight is 422 g/mol. The number of rotatable bonds is 9. The Morgan fingerprint density at radius 1 is 1.13 bits per heavy atom. The number of carbonyl (C=O) groups excluding carboxylic acids is 1. The highest BCUT2D eigenvalue weighted by Crippen LogP contribution is 2.32. The Hall–Kier alpha value is -2.44. The fraction of sp³-hybridized carbons (Fsp3) is 0.417. The SMILES string of the molecule is O=C1CCCN1CCCN(Cc1ccc(Oc2nc3ccccc3s2)cc1)C1CC1.